The van der Waals surface area contributed by atoms with Crippen LogP contribution in [0.4, 0.5) is 0 Å². The van der Waals surface area contributed by atoms with Gasteiger partial charge in [-0.1, -0.05) is 0 Å². The molecule has 68 valence electrons. The van der Waals surface area contributed by atoms with Crippen LogP contribution in [0.15, 0.2) is 16.5 Å². The third-order valence-electron chi connectivity index (χ3n) is 1.66. The van der Waals surface area contributed by atoms with Gasteiger partial charge < -0.3 is 9.32 Å². The number of furan rings is 1. The molecule has 0 unspecified atom stereocenters. The van der Waals surface area contributed by atoms with Crippen molar-refractivity contribution in [3.05, 3.63) is 23.7 Å². The molecular weight excluding hydrogens is 166 g/mol. The SMILES string of the molecule is C#CC(=O)N(C)Cc1ccc(C)o1. The molecule has 3 nitrogen and oxygen atoms in total. The van der Waals surface area contributed by atoms with Crippen molar-refractivity contribution in [2.24, 2.45) is 0 Å². The maximum Gasteiger partial charge on any atom is 0.298 e. The van der Waals surface area contributed by atoms with Crippen molar-refractivity contribution < 1.29 is 9.21 Å². The Bertz CT molecular complexity index is 346. The number of carbonyl (C=O) groups excluding carboxylic acids is 1. The van der Waals surface area contributed by atoms with Crippen LogP contribution in [0, 0.1) is 19.3 Å². The summed E-state index contributed by atoms with van der Waals surface area (Å²) in [6.45, 7) is 2.27. The zero-order chi connectivity index (χ0) is 9.84. The lowest BCUT2D eigenvalue weighted by Crippen LogP contribution is -2.24. The number of terminal acetylenes is 1. The first kappa shape index (κ1) is 9.40. The van der Waals surface area contributed by atoms with Gasteiger partial charge in [-0.2, -0.15) is 0 Å². The summed E-state index contributed by atoms with van der Waals surface area (Å²) in [7, 11) is 1.64. The monoisotopic (exact) mass is 177 g/mol. The Balaban J connectivity index is 2.60. The summed E-state index contributed by atoms with van der Waals surface area (Å²) in [6.07, 6.45) is 4.96. The van der Waals surface area contributed by atoms with Gasteiger partial charge in [-0.25, -0.2) is 0 Å². The number of rotatable bonds is 2. The smallest absolute Gasteiger partial charge is 0.298 e. The molecule has 13 heavy (non-hydrogen) atoms. The molecule has 0 aliphatic heterocycles. The molecule has 0 aliphatic carbocycles. The molecular formula is C10H11NO2. The molecule has 0 spiro atoms. The van der Waals surface area contributed by atoms with Crippen molar-refractivity contribution in [1.29, 1.82) is 0 Å². The van der Waals surface area contributed by atoms with Crippen LogP contribution in [0.1, 0.15) is 11.5 Å². The molecule has 0 bridgehead atoms. The number of amides is 1. The topological polar surface area (TPSA) is 33.5 Å². The fourth-order valence-corrected chi connectivity index (χ4v) is 0.986. The van der Waals surface area contributed by atoms with Gasteiger partial charge >= 0.3 is 0 Å². The normalized spacial score (nSPS) is 9.31. The minimum absolute atomic E-state index is 0.339. The molecule has 0 aromatic carbocycles. The van der Waals surface area contributed by atoms with Gasteiger partial charge in [0.1, 0.15) is 11.5 Å². The lowest BCUT2D eigenvalue weighted by atomic mass is 10.4. The van der Waals surface area contributed by atoms with E-state index in [4.69, 9.17) is 10.8 Å². The van der Waals surface area contributed by atoms with E-state index in [2.05, 4.69) is 0 Å². The Labute approximate surface area is 77.3 Å². The second-order valence-electron chi connectivity index (χ2n) is 2.82. The summed E-state index contributed by atoms with van der Waals surface area (Å²) >= 11 is 0. The minimum Gasteiger partial charge on any atom is -0.464 e. The van der Waals surface area contributed by atoms with Gasteiger partial charge in [0.05, 0.1) is 6.54 Å². The van der Waals surface area contributed by atoms with E-state index in [-0.39, 0.29) is 5.91 Å². The van der Waals surface area contributed by atoms with E-state index >= 15 is 0 Å². The third kappa shape index (κ3) is 2.38. The van der Waals surface area contributed by atoms with Gasteiger partial charge in [0.25, 0.3) is 5.91 Å². The highest BCUT2D eigenvalue weighted by Crippen LogP contribution is 2.08. The Morgan fingerprint density at radius 2 is 2.38 bits per heavy atom. The Kier molecular flexibility index (Phi) is 2.76. The van der Waals surface area contributed by atoms with Crippen LogP contribution in [0.25, 0.3) is 0 Å². The second-order valence-corrected chi connectivity index (χ2v) is 2.82. The summed E-state index contributed by atoms with van der Waals surface area (Å²) in [6, 6.07) is 3.68. The van der Waals surface area contributed by atoms with Crippen LogP contribution in [-0.2, 0) is 11.3 Å². The molecule has 0 fully saturated rings. The fourth-order valence-electron chi connectivity index (χ4n) is 0.986. The van der Waals surface area contributed by atoms with E-state index in [1.165, 1.54) is 4.90 Å². The quantitative estimate of drug-likeness (QED) is 0.635. The number of hydrogen-bond acceptors (Lipinski definition) is 2. The lowest BCUT2D eigenvalue weighted by molar-refractivity contribution is -0.124. The standard InChI is InChI=1S/C10H11NO2/c1-4-10(12)11(3)7-9-6-5-8(2)13-9/h1,5-6H,7H2,2-3H3. The molecule has 0 saturated carbocycles. The zero-order valence-corrected chi connectivity index (χ0v) is 7.70. The average molecular weight is 177 g/mol. The zero-order valence-electron chi connectivity index (χ0n) is 7.70. The average Bonchev–Trinajstić information content (AvgIpc) is 2.49. The number of aryl methyl sites for hydroxylation is 1. The van der Waals surface area contributed by atoms with Gasteiger partial charge in [-0.15, -0.1) is 6.42 Å². The number of nitrogens with zero attached hydrogens (tertiary/aromatic N) is 1. The first-order valence-electron chi connectivity index (χ1n) is 3.90. The van der Waals surface area contributed by atoms with E-state index < -0.39 is 0 Å². The molecule has 1 heterocycles. The largest absolute Gasteiger partial charge is 0.464 e. The van der Waals surface area contributed by atoms with Crippen LogP contribution in [-0.4, -0.2) is 17.9 Å². The molecule has 0 aliphatic rings. The van der Waals surface area contributed by atoms with E-state index in [1.54, 1.807) is 7.05 Å². The van der Waals surface area contributed by atoms with E-state index in [0.717, 1.165) is 11.5 Å². The van der Waals surface area contributed by atoms with E-state index in [1.807, 2.05) is 25.0 Å². The lowest BCUT2D eigenvalue weighted by Gasteiger charge is -2.10. The van der Waals surface area contributed by atoms with Crippen molar-refractivity contribution >= 4 is 5.91 Å². The Morgan fingerprint density at radius 1 is 1.69 bits per heavy atom. The van der Waals surface area contributed by atoms with E-state index in [0.29, 0.717) is 6.54 Å². The van der Waals surface area contributed by atoms with Gasteiger partial charge in [0, 0.05) is 7.05 Å². The van der Waals surface area contributed by atoms with Gasteiger partial charge in [0.2, 0.25) is 0 Å². The molecule has 1 amide bonds. The van der Waals surface area contributed by atoms with Crippen LogP contribution in [0.3, 0.4) is 0 Å². The summed E-state index contributed by atoms with van der Waals surface area (Å²) in [5, 5.41) is 0. The predicted molar refractivity (Wildman–Crippen MR) is 48.8 cm³/mol. The summed E-state index contributed by atoms with van der Waals surface area (Å²) < 4.78 is 5.29. The van der Waals surface area contributed by atoms with Crippen molar-refractivity contribution in [1.82, 2.24) is 4.90 Å². The third-order valence-corrected chi connectivity index (χ3v) is 1.66. The Morgan fingerprint density at radius 3 is 2.85 bits per heavy atom. The van der Waals surface area contributed by atoms with Crippen LogP contribution in [0.5, 0.6) is 0 Å². The van der Waals surface area contributed by atoms with Crippen LogP contribution >= 0.6 is 0 Å². The van der Waals surface area contributed by atoms with Gasteiger partial charge in [-0.3, -0.25) is 4.79 Å². The first-order chi connectivity index (χ1) is 6.13. The van der Waals surface area contributed by atoms with Gasteiger partial charge in [-0.05, 0) is 25.0 Å². The molecule has 1 rings (SSSR count). The number of hydrogen-bond donors (Lipinski definition) is 0. The van der Waals surface area contributed by atoms with E-state index in [9.17, 15) is 4.79 Å². The highest BCUT2D eigenvalue weighted by molar-refractivity contribution is 5.92. The molecule has 1 aromatic rings. The Hall–Kier alpha value is -1.69. The molecule has 0 saturated heterocycles. The van der Waals surface area contributed by atoms with Crippen molar-refractivity contribution in [3.8, 4) is 12.3 Å². The first-order valence-corrected chi connectivity index (χ1v) is 3.90. The van der Waals surface area contributed by atoms with Crippen LogP contribution in [0.2, 0.25) is 0 Å². The summed E-state index contributed by atoms with van der Waals surface area (Å²) in [5.74, 6) is 3.27. The summed E-state index contributed by atoms with van der Waals surface area (Å²) in [4.78, 5) is 12.4. The van der Waals surface area contributed by atoms with Crippen LogP contribution < -0.4 is 0 Å². The molecule has 0 atom stereocenters. The minimum atomic E-state index is -0.339. The van der Waals surface area contributed by atoms with Gasteiger partial charge in [0.15, 0.2) is 0 Å². The van der Waals surface area contributed by atoms with Crippen molar-refractivity contribution in [2.45, 2.75) is 13.5 Å². The maximum atomic E-state index is 11.0. The van der Waals surface area contributed by atoms with Crippen molar-refractivity contribution in [3.63, 3.8) is 0 Å². The highest BCUT2D eigenvalue weighted by Gasteiger charge is 2.07. The second kappa shape index (κ2) is 3.81. The maximum absolute atomic E-state index is 11.0. The molecule has 0 radical (unpaired) electrons. The molecule has 1 aromatic heterocycles. The van der Waals surface area contributed by atoms with Crippen molar-refractivity contribution in [2.75, 3.05) is 7.05 Å². The molecule has 3 heteroatoms. The predicted octanol–water partition coefficient (Wildman–Crippen LogP) is 1.18. The molecule has 0 N–H and O–H groups in total. The summed E-state index contributed by atoms with van der Waals surface area (Å²) in [5.41, 5.74) is 0. The fraction of sp³-hybridized carbons (Fsp3) is 0.300. The number of carbonyl (C=O) groups is 1. The highest BCUT2D eigenvalue weighted by atomic mass is 16.3.